The van der Waals surface area contributed by atoms with Gasteiger partial charge in [0.25, 0.3) is 16.0 Å². The van der Waals surface area contributed by atoms with Crippen LogP contribution in [0.15, 0.2) is 24.3 Å². The number of rotatable bonds is 2. The minimum atomic E-state index is -3.67. The maximum Gasteiger partial charge on any atom is 0.261 e. The summed E-state index contributed by atoms with van der Waals surface area (Å²) in [5.74, 6) is -0.835. The maximum absolute atomic E-state index is 12.5. The Hall–Kier alpha value is -1.81. The van der Waals surface area contributed by atoms with Gasteiger partial charge in [0.05, 0.1) is 12.3 Å². The Morgan fingerprint density at radius 3 is 2.38 bits per heavy atom. The molecule has 0 aliphatic carbocycles. The average molecular weight is 357 g/mol. The molecule has 0 saturated carbocycles. The second-order valence-corrected chi connectivity index (χ2v) is 7.29. The summed E-state index contributed by atoms with van der Waals surface area (Å²) < 4.78 is 25.9. The van der Waals surface area contributed by atoms with E-state index in [0.29, 0.717) is 24.8 Å². The number of carbonyl (C=O) groups excluding carboxylic acids is 2. The largest absolute Gasteiger partial charge is 0.343 e. The third-order valence-corrected chi connectivity index (χ3v) is 3.65. The quantitative estimate of drug-likeness (QED) is 0.468. The Morgan fingerprint density at radius 2 is 1.88 bits per heavy atom. The molecule has 0 radical (unpaired) electrons. The average Bonchev–Trinajstić information content (AvgIpc) is 2.57. The SMILES string of the molecule is CS(=O)(=O)O.C[C@H](N)C(=O)[C@]1(N)C(=O)N(C)CCc2ccccc21. The maximum atomic E-state index is 12.5. The van der Waals surface area contributed by atoms with Crippen molar-refractivity contribution in [2.45, 2.75) is 24.9 Å². The van der Waals surface area contributed by atoms with Crippen molar-refractivity contribution in [3.63, 3.8) is 0 Å². The van der Waals surface area contributed by atoms with Gasteiger partial charge in [-0.3, -0.25) is 14.1 Å². The van der Waals surface area contributed by atoms with Gasteiger partial charge in [-0.1, -0.05) is 24.3 Å². The van der Waals surface area contributed by atoms with Gasteiger partial charge in [0.15, 0.2) is 11.3 Å². The van der Waals surface area contributed by atoms with Crippen LogP contribution in [0.2, 0.25) is 0 Å². The Labute approximate surface area is 141 Å². The summed E-state index contributed by atoms with van der Waals surface area (Å²) in [5.41, 5.74) is 11.7. The number of carbonyl (C=O) groups is 2. The smallest absolute Gasteiger partial charge is 0.261 e. The number of ketones is 1. The fourth-order valence-corrected chi connectivity index (χ4v) is 2.53. The van der Waals surface area contributed by atoms with E-state index in [9.17, 15) is 18.0 Å². The number of likely N-dealkylation sites (N-methyl/N-ethyl adjacent to an activating group) is 1. The van der Waals surface area contributed by atoms with Gasteiger partial charge in [-0.05, 0) is 24.5 Å². The second-order valence-electron chi connectivity index (χ2n) is 5.83. The fraction of sp³-hybridized carbons (Fsp3) is 0.467. The lowest BCUT2D eigenvalue weighted by atomic mass is 9.81. The summed E-state index contributed by atoms with van der Waals surface area (Å²) in [5, 5.41) is 0. The van der Waals surface area contributed by atoms with E-state index in [1.807, 2.05) is 12.1 Å². The van der Waals surface area contributed by atoms with Gasteiger partial charge < -0.3 is 16.4 Å². The standard InChI is InChI=1S/C14H19N3O2.CH4O3S/c1-9(15)12(18)14(16)11-6-4-3-5-10(11)7-8-17(2)13(14)19;1-5(2,3)4/h3-6,9H,7-8,15-16H2,1-2H3;1H3,(H,2,3,4)/t9-,14-;/m0./s1. The highest BCUT2D eigenvalue weighted by molar-refractivity contribution is 7.85. The third-order valence-electron chi connectivity index (χ3n) is 3.65. The van der Waals surface area contributed by atoms with Crippen molar-refractivity contribution in [3.05, 3.63) is 35.4 Å². The molecule has 1 heterocycles. The van der Waals surface area contributed by atoms with Crippen LogP contribution in [0.1, 0.15) is 18.1 Å². The molecular weight excluding hydrogens is 334 g/mol. The van der Waals surface area contributed by atoms with E-state index in [1.165, 1.54) is 4.90 Å². The van der Waals surface area contributed by atoms with Crippen LogP contribution in [-0.4, -0.2) is 55.5 Å². The molecule has 5 N–H and O–H groups in total. The molecule has 0 fully saturated rings. The van der Waals surface area contributed by atoms with Crippen molar-refractivity contribution >= 4 is 21.8 Å². The van der Waals surface area contributed by atoms with Gasteiger partial charge in [-0.25, -0.2) is 0 Å². The lowest BCUT2D eigenvalue weighted by Crippen LogP contribution is -2.60. The Bertz CT molecular complexity index is 724. The Kier molecular flexibility index (Phi) is 6.23. The highest BCUT2D eigenvalue weighted by Crippen LogP contribution is 2.29. The Morgan fingerprint density at radius 1 is 1.38 bits per heavy atom. The summed E-state index contributed by atoms with van der Waals surface area (Å²) in [6.07, 6.45) is 1.40. The number of nitrogens with two attached hydrogens (primary N) is 2. The van der Waals surface area contributed by atoms with Gasteiger partial charge >= 0.3 is 0 Å². The topological polar surface area (TPSA) is 144 Å². The zero-order valence-electron chi connectivity index (χ0n) is 13.9. The third kappa shape index (κ3) is 4.60. The molecule has 2 atom stereocenters. The van der Waals surface area contributed by atoms with Crippen LogP contribution in [-0.2, 0) is 31.7 Å². The molecule has 134 valence electrons. The van der Waals surface area contributed by atoms with E-state index in [4.69, 9.17) is 16.0 Å². The molecule has 8 nitrogen and oxygen atoms in total. The first-order valence-corrected chi connectivity index (χ1v) is 9.09. The van der Waals surface area contributed by atoms with Crippen molar-refractivity contribution in [1.29, 1.82) is 0 Å². The number of nitrogens with zero attached hydrogens (tertiary/aromatic N) is 1. The van der Waals surface area contributed by atoms with Crippen LogP contribution in [0.5, 0.6) is 0 Å². The van der Waals surface area contributed by atoms with Gasteiger partial charge in [-0.15, -0.1) is 0 Å². The number of hydrogen-bond donors (Lipinski definition) is 3. The molecule has 2 rings (SSSR count). The number of benzene rings is 1. The highest BCUT2D eigenvalue weighted by atomic mass is 32.2. The van der Waals surface area contributed by atoms with Crippen LogP contribution in [0.25, 0.3) is 0 Å². The van der Waals surface area contributed by atoms with Crippen LogP contribution >= 0.6 is 0 Å². The molecule has 1 aromatic carbocycles. The van der Waals surface area contributed by atoms with Crippen molar-refractivity contribution in [1.82, 2.24) is 4.90 Å². The van der Waals surface area contributed by atoms with E-state index < -0.39 is 27.5 Å². The Balaban J connectivity index is 0.000000505. The minimum Gasteiger partial charge on any atom is -0.343 e. The zero-order valence-corrected chi connectivity index (χ0v) is 14.7. The van der Waals surface area contributed by atoms with Crippen LogP contribution in [0, 0.1) is 0 Å². The first kappa shape index (κ1) is 20.2. The summed E-state index contributed by atoms with van der Waals surface area (Å²) in [6.45, 7) is 2.10. The highest BCUT2D eigenvalue weighted by Gasteiger charge is 2.48. The molecule has 9 heteroatoms. The summed E-state index contributed by atoms with van der Waals surface area (Å²) in [6, 6.07) is 6.53. The van der Waals surface area contributed by atoms with E-state index in [1.54, 1.807) is 26.1 Å². The summed E-state index contributed by atoms with van der Waals surface area (Å²) >= 11 is 0. The molecule has 0 saturated heterocycles. The van der Waals surface area contributed by atoms with Crippen molar-refractivity contribution in [2.24, 2.45) is 11.5 Å². The predicted molar refractivity (Wildman–Crippen MR) is 89.8 cm³/mol. The molecule has 1 amide bonds. The molecule has 24 heavy (non-hydrogen) atoms. The lowest BCUT2D eigenvalue weighted by Gasteiger charge is -2.31. The van der Waals surface area contributed by atoms with Gasteiger partial charge in [0.2, 0.25) is 0 Å². The number of Topliss-reactive ketones (excluding diaryl/α,β-unsaturated/α-hetero) is 1. The van der Waals surface area contributed by atoms with Gasteiger partial charge in [0, 0.05) is 13.6 Å². The van der Waals surface area contributed by atoms with E-state index >= 15 is 0 Å². The van der Waals surface area contributed by atoms with E-state index in [2.05, 4.69) is 0 Å². The van der Waals surface area contributed by atoms with Crippen molar-refractivity contribution < 1.29 is 22.6 Å². The van der Waals surface area contributed by atoms with Crippen LogP contribution in [0.4, 0.5) is 0 Å². The lowest BCUT2D eigenvalue weighted by molar-refractivity contribution is -0.143. The van der Waals surface area contributed by atoms with Crippen LogP contribution < -0.4 is 11.5 Å². The summed E-state index contributed by atoms with van der Waals surface area (Å²) in [4.78, 5) is 26.4. The molecule has 0 aromatic heterocycles. The fourth-order valence-electron chi connectivity index (χ4n) is 2.53. The number of fused-ring (bicyclic) bond motifs is 1. The first-order valence-electron chi connectivity index (χ1n) is 7.24. The molecule has 0 unspecified atom stereocenters. The zero-order chi connectivity index (χ0) is 18.7. The number of hydrogen-bond acceptors (Lipinski definition) is 6. The molecule has 0 spiro atoms. The summed E-state index contributed by atoms with van der Waals surface area (Å²) in [7, 11) is -2.01. The van der Waals surface area contributed by atoms with E-state index in [0.717, 1.165) is 5.56 Å². The second kappa shape index (κ2) is 7.39. The van der Waals surface area contributed by atoms with Crippen LogP contribution in [0.3, 0.4) is 0 Å². The van der Waals surface area contributed by atoms with Gasteiger partial charge in [-0.2, -0.15) is 8.42 Å². The molecule has 0 bridgehead atoms. The predicted octanol–water partition coefficient (Wildman–Crippen LogP) is -0.725. The van der Waals surface area contributed by atoms with Crippen molar-refractivity contribution in [3.8, 4) is 0 Å². The van der Waals surface area contributed by atoms with E-state index in [-0.39, 0.29) is 5.91 Å². The minimum absolute atomic E-state index is 0.389. The molecule has 1 aromatic rings. The molecule has 1 aliphatic heterocycles. The monoisotopic (exact) mass is 357 g/mol. The number of amides is 1. The first-order chi connectivity index (χ1) is 10.9. The normalized spacial score (nSPS) is 21.9. The molecular formula is C15H23N3O5S. The molecule has 1 aliphatic rings. The van der Waals surface area contributed by atoms with Crippen molar-refractivity contribution in [2.75, 3.05) is 19.8 Å². The van der Waals surface area contributed by atoms with Gasteiger partial charge in [0.1, 0.15) is 0 Å².